The lowest BCUT2D eigenvalue weighted by atomic mass is 9.91. The van der Waals surface area contributed by atoms with E-state index in [0.717, 1.165) is 38.2 Å². The van der Waals surface area contributed by atoms with Crippen LogP contribution in [0.15, 0.2) is 48.8 Å². The van der Waals surface area contributed by atoms with Gasteiger partial charge in [0.2, 0.25) is 0 Å². The SMILES string of the molecule is Cc1ccccc1CN1CC[C@H]2C[C@@H](C(=O)Nc3cccnc3)O[C@@H]2C1.O=C(O)C(F)(F)F.O=C(O)C(F)(F)F. The molecule has 0 saturated carbocycles. The van der Waals surface area contributed by atoms with Gasteiger partial charge >= 0.3 is 24.3 Å². The number of alkyl halides is 6. The van der Waals surface area contributed by atoms with Gasteiger partial charge in [0.15, 0.2) is 0 Å². The zero-order valence-electron chi connectivity index (χ0n) is 21.1. The van der Waals surface area contributed by atoms with Crippen LogP contribution in [0, 0.1) is 12.8 Å². The van der Waals surface area contributed by atoms with Crippen molar-refractivity contribution in [2.75, 3.05) is 18.4 Å². The molecule has 0 aliphatic carbocycles. The number of aromatic nitrogens is 1. The highest BCUT2D eigenvalue weighted by Crippen LogP contribution is 2.34. The molecular weight excluding hydrogens is 552 g/mol. The fourth-order valence-electron chi connectivity index (χ4n) is 3.99. The van der Waals surface area contributed by atoms with Gasteiger partial charge in [0.1, 0.15) is 6.10 Å². The number of fused-ring (bicyclic) bond motifs is 1. The highest BCUT2D eigenvalue weighted by atomic mass is 19.4. The third kappa shape index (κ3) is 10.4. The van der Waals surface area contributed by atoms with E-state index >= 15 is 0 Å². The van der Waals surface area contributed by atoms with E-state index in [1.165, 1.54) is 11.1 Å². The minimum absolute atomic E-state index is 0.0575. The first-order chi connectivity index (χ1) is 18.6. The van der Waals surface area contributed by atoms with E-state index < -0.39 is 24.3 Å². The number of pyridine rings is 1. The second-order valence-electron chi connectivity index (χ2n) is 8.95. The van der Waals surface area contributed by atoms with Crippen LogP contribution in [0.4, 0.5) is 32.0 Å². The van der Waals surface area contributed by atoms with E-state index in [2.05, 4.69) is 46.4 Å². The summed E-state index contributed by atoms with van der Waals surface area (Å²) in [5, 5.41) is 17.2. The summed E-state index contributed by atoms with van der Waals surface area (Å²) in [5.41, 5.74) is 3.42. The predicted octanol–water partition coefficient (Wildman–Crippen LogP) is 4.27. The molecule has 4 rings (SSSR count). The summed E-state index contributed by atoms with van der Waals surface area (Å²) in [6.07, 6.45) is -5.12. The minimum Gasteiger partial charge on any atom is -0.475 e. The van der Waals surface area contributed by atoms with Crippen LogP contribution in [0.1, 0.15) is 24.0 Å². The molecule has 40 heavy (non-hydrogen) atoms. The second kappa shape index (κ2) is 14.1. The Morgan fingerprint density at radius 2 is 1.62 bits per heavy atom. The Balaban J connectivity index is 0.000000333. The molecule has 1 aromatic heterocycles. The van der Waals surface area contributed by atoms with Gasteiger partial charge in [0, 0.05) is 19.3 Å². The average molecular weight is 579 g/mol. The third-order valence-electron chi connectivity index (χ3n) is 6.00. The van der Waals surface area contributed by atoms with Crippen molar-refractivity contribution in [1.82, 2.24) is 9.88 Å². The molecule has 2 aromatic rings. The molecule has 1 aromatic carbocycles. The molecule has 0 bridgehead atoms. The number of carboxylic acid groups (broad SMARTS) is 2. The highest BCUT2D eigenvalue weighted by molar-refractivity contribution is 5.94. The summed E-state index contributed by atoms with van der Waals surface area (Å²) in [6.45, 7) is 5.07. The van der Waals surface area contributed by atoms with E-state index in [9.17, 15) is 31.1 Å². The van der Waals surface area contributed by atoms with Gasteiger partial charge in [0.25, 0.3) is 5.91 Å². The number of hydrogen-bond donors (Lipinski definition) is 3. The smallest absolute Gasteiger partial charge is 0.475 e. The summed E-state index contributed by atoms with van der Waals surface area (Å²) in [4.78, 5) is 36.8. The Bertz CT molecular complexity index is 1120. The van der Waals surface area contributed by atoms with Gasteiger partial charge in [-0.05, 0) is 55.5 Å². The maximum Gasteiger partial charge on any atom is 0.490 e. The molecule has 3 atom stereocenters. The number of carbonyl (C=O) groups excluding carboxylic acids is 1. The number of carboxylic acids is 2. The third-order valence-corrected chi connectivity index (χ3v) is 6.00. The zero-order valence-corrected chi connectivity index (χ0v) is 21.1. The number of rotatable bonds is 4. The fourth-order valence-corrected chi connectivity index (χ4v) is 3.99. The van der Waals surface area contributed by atoms with Crippen LogP contribution in [0.25, 0.3) is 0 Å². The summed E-state index contributed by atoms with van der Waals surface area (Å²) >= 11 is 0. The van der Waals surface area contributed by atoms with Gasteiger partial charge < -0.3 is 20.3 Å². The zero-order chi connectivity index (χ0) is 30.1. The normalized spacial score (nSPS) is 20.6. The Morgan fingerprint density at radius 3 is 2.15 bits per heavy atom. The predicted molar refractivity (Wildman–Crippen MR) is 128 cm³/mol. The van der Waals surface area contributed by atoms with E-state index in [1.54, 1.807) is 12.4 Å². The quantitative estimate of drug-likeness (QED) is 0.458. The first-order valence-corrected chi connectivity index (χ1v) is 11.8. The van der Waals surface area contributed by atoms with E-state index in [1.807, 2.05) is 12.1 Å². The van der Waals surface area contributed by atoms with Crippen molar-refractivity contribution < 1.29 is 55.7 Å². The number of aliphatic carboxylic acids is 2. The number of halogens is 6. The van der Waals surface area contributed by atoms with E-state index in [0.29, 0.717) is 5.92 Å². The molecule has 0 unspecified atom stereocenters. The van der Waals surface area contributed by atoms with Crippen molar-refractivity contribution in [3.05, 3.63) is 59.9 Å². The number of carbonyl (C=O) groups is 3. The standard InChI is InChI=1S/C21H25N3O2.2C2HF3O2/c1-15-5-2-3-6-17(15)13-24-10-8-16-11-19(26-20(16)14-24)21(25)23-18-7-4-9-22-12-18;2*3-2(4,5)1(6)7/h2-7,9,12,16,19-20H,8,10-11,13-14H2,1H3,(H,23,25);2*(H,6,7)/t16-,19-,20+;;/m0../s1. The van der Waals surface area contributed by atoms with Crippen molar-refractivity contribution in [2.45, 2.75) is 50.9 Å². The number of nitrogens with zero attached hydrogens (tertiary/aromatic N) is 2. The molecule has 3 heterocycles. The number of benzene rings is 1. The van der Waals surface area contributed by atoms with Crippen LogP contribution in [-0.2, 0) is 25.7 Å². The van der Waals surface area contributed by atoms with Gasteiger partial charge in [-0.2, -0.15) is 26.3 Å². The molecule has 0 spiro atoms. The summed E-state index contributed by atoms with van der Waals surface area (Å²) in [5.74, 6) is -5.09. The molecule has 0 radical (unpaired) electrons. The molecule has 2 saturated heterocycles. The lowest BCUT2D eigenvalue weighted by molar-refractivity contribution is -0.193. The monoisotopic (exact) mass is 579 g/mol. The Kier molecular flexibility index (Phi) is 11.4. The number of ether oxygens (including phenoxy) is 1. The molecular formula is C25H27F6N3O6. The van der Waals surface area contributed by atoms with Crippen molar-refractivity contribution in [1.29, 1.82) is 0 Å². The number of piperidine rings is 1. The summed E-state index contributed by atoms with van der Waals surface area (Å²) in [7, 11) is 0. The van der Waals surface area contributed by atoms with Gasteiger partial charge in [-0.25, -0.2) is 9.59 Å². The largest absolute Gasteiger partial charge is 0.490 e. The maximum atomic E-state index is 12.5. The van der Waals surface area contributed by atoms with Crippen LogP contribution in [-0.4, -0.2) is 75.6 Å². The van der Waals surface area contributed by atoms with Crippen molar-refractivity contribution in [3.63, 3.8) is 0 Å². The number of hydrogen-bond acceptors (Lipinski definition) is 6. The lowest BCUT2D eigenvalue weighted by Crippen LogP contribution is -2.42. The first-order valence-electron chi connectivity index (χ1n) is 11.8. The van der Waals surface area contributed by atoms with E-state index in [4.69, 9.17) is 24.5 Å². The Morgan fingerprint density at radius 1 is 1.02 bits per heavy atom. The van der Waals surface area contributed by atoms with Crippen molar-refractivity contribution >= 4 is 23.5 Å². The number of nitrogens with one attached hydrogen (secondary N) is 1. The molecule has 3 N–H and O–H groups in total. The molecule has 15 heteroatoms. The second-order valence-corrected chi connectivity index (χ2v) is 8.95. The average Bonchev–Trinajstić information content (AvgIpc) is 3.29. The highest BCUT2D eigenvalue weighted by Gasteiger charge is 2.42. The molecule has 2 aliphatic rings. The Labute approximate surface area is 224 Å². The van der Waals surface area contributed by atoms with E-state index in [-0.39, 0.29) is 18.1 Å². The maximum absolute atomic E-state index is 12.5. The fraction of sp³-hybridized carbons (Fsp3) is 0.440. The number of amides is 1. The number of likely N-dealkylation sites (tertiary alicyclic amines) is 1. The molecule has 2 fully saturated rings. The lowest BCUT2D eigenvalue weighted by Gasteiger charge is -2.34. The molecule has 2 aliphatic heterocycles. The summed E-state index contributed by atoms with van der Waals surface area (Å²) < 4.78 is 69.6. The van der Waals surface area contributed by atoms with Crippen molar-refractivity contribution in [3.8, 4) is 0 Å². The topological polar surface area (TPSA) is 129 Å². The van der Waals surface area contributed by atoms with Crippen LogP contribution in [0.5, 0.6) is 0 Å². The Hall–Kier alpha value is -3.72. The molecule has 220 valence electrons. The number of anilines is 1. The molecule has 1 amide bonds. The van der Waals surface area contributed by atoms with Gasteiger partial charge in [-0.15, -0.1) is 0 Å². The first kappa shape index (κ1) is 32.5. The molecule has 9 nitrogen and oxygen atoms in total. The number of aryl methyl sites for hydroxylation is 1. The minimum atomic E-state index is -5.08. The van der Waals surface area contributed by atoms with Crippen molar-refractivity contribution in [2.24, 2.45) is 5.92 Å². The van der Waals surface area contributed by atoms with Gasteiger partial charge in [0.05, 0.1) is 18.0 Å². The van der Waals surface area contributed by atoms with Gasteiger partial charge in [-0.1, -0.05) is 24.3 Å². The van der Waals surface area contributed by atoms with Crippen LogP contribution in [0.3, 0.4) is 0 Å². The van der Waals surface area contributed by atoms with Crippen LogP contribution < -0.4 is 5.32 Å². The van der Waals surface area contributed by atoms with Gasteiger partial charge in [-0.3, -0.25) is 14.7 Å². The van der Waals surface area contributed by atoms with Crippen LogP contribution >= 0.6 is 0 Å². The van der Waals surface area contributed by atoms with Crippen LogP contribution in [0.2, 0.25) is 0 Å². The summed E-state index contributed by atoms with van der Waals surface area (Å²) in [6, 6.07) is 12.2.